The molecular formula is C17H18N2O3. The topological polar surface area (TPSA) is 43.0 Å². The second-order valence-electron chi connectivity index (χ2n) is 5.42. The molecule has 2 aliphatic heterocycles. The van der Waals surface area contributed by atoms with Crippen LogP contribution in [0.25, 0.3) is 0 Å². The smallest absolute Gasteiger partial charge is 0.231 e. The summed E-state index contributed by atoms with van der Waals surface area (Å²) in [6.45, 7) is 3.04. The van der Waals surface area contributed by atoms with Gasteiger partial charge in [0.1, 0.15) is 5.75 Å². The second-order valence-corrected chi connectivity index (χ2v) is 5.42. The minimum absolute atomic E-state index is 0.302. The summed E-state index contributed by atoms with van der Waals surface area (Å²) >= 11 is 0. The molecule has 0 radical (unpaired) electrons. The lowest BCUT2D eigenvalue weighted by atomic mass is 10.1. The molecule has 1 N–H and O–H groups in total. The number of ether oxygens (including phenoxy) is 3. The first-order valence-electron chi connectivity index (χ1n) is 7.39. The Hall–Kier alpha value is -2.56. The number of nitrogens with zero attached hydrogens (tertiary/aromatic N) is 1. The predicted molar refractivity (Wildman–Crippen MR) is 85.1 cm³/mol. The Balaban J connectivity index is 1.61. The Morgan fingerprint density at radius 2 is 1.91 bits per heavy atom. The monoisotopic (exact) mass is 298 g/mol. The predicted octanol–water partition coefficient (Wildman–Crippen LogP) is 2.86. The highest BCUT2D eigenvalue weighted by Gasteiger charge is 2.23. The second kappa shape index (κ2) is 5.33. The number of benzene rings is 2. The molecule has 2 aromatic carbocycles. The van der Waals surface area contributed by atoms with Gasteiger partial charge in [0.15, 0.2) is 11.5 Å². The number of rotatable bonds is 3. The molecule has 0 spiro atoms. The summed E-state index contributed by atoms with van der Waals surface area (Å²) in [6.07, 6.45) is 0. The minimum atomic E-state index is 0.302. The van der Waals surface area contributed by atoms with E-state index in [1.165, 1.54) is 5.56 Å². The average Bonchev–Trinajstić information content (AvgIpc) is 3.01. The van der Waals surface area contributed by atoms with E-state index in [1.54, 1.807) is 7.11 Å². The summed E-state index contributed by atoms with van der Waals surface area (Å²) in [5.41, 5.74) is 3.52. The molecule has 0 saturated heterocycles. The van der Waals surface area contributed by atoms with Crippen molar-refractivity contribution < 1.29 is 14.2 Å². The summed E-state index contributed by atoms with van der Waals surface area (Å²) in [4.78, 5) is 2.36. The van der Waals surface area contributed by atoms with Crippen LogP contribution in [0, 0.1) is 0 Å². The van der Waals surface area contributed by atoms with Crippen LogP contribution in [-0.4, -0.2) is 27.0 Å². The molecule has 2 aliphatic rings. The van der Waals surface area contributed by atoms with Crippen LogP contribution in [0.5, 0.6) is 17.2 Å². The van der Waals surface area contributed by atoms with Gasteiger partial charge in [-0.25, -0.2) is 0 Å². The van der Waals surface area contributed by atoms with Crippen LogP contribution in [0.4, 0.5) is 11.4 Å². The first-order valence-corrected chi connectivity index (χ1v) is 7.39. The molecule has 0 aliphatic carbocycles. The third-order valence-electron chi connectivity index (χ3n) is 4.06. The SMILES string of the molecule is COc1ccc(CN2CCNc3cc4c(cc32)OCO4)cc1. The van der Waals surface area contributed by atoms with Gasteiger partial charge < -0.3 is 24.4 Å². The number of nitrogens with one attached hydrogen (secondary N) is 1. The van der Waals surface area contributed by atoms with Gasteiger partial charge in [-0.3, -0.25) is 0 Å². The van der Waals surface area contributed by atoms with Gasteiger partial charge in [0.2, 0.25) is 6.79 Å². The highest BCUT2D eigenvalue weighted by molar-refractivity contribution is 5.77. The normalized spacial score (nSPS) is 15.2. The number of fused-ring (bicyclic) bond motifs is 2. The van der Waals surface area contributed by atoms with E-state index in [4.69, 9.17) is 14.2 Å². The standard InChI is InChI=1S/C17H18N2O3/c1-20-13-4-2-12(3-5-13)10-19-7-6-18-14-8-16-17(9-15(14)19)22-11-21-16/h2-5,8-9,18H,6-7,10-11H2,1H3. The van der Waals surface area contributed by atoms with E-state index < -0.39 is 0 Å². The first-order chi connectivity index (χ1) is 10.8. The van der Waals surface area contributed by atoms with Crippen molar-refractivity contribution in [2.75, 3.05) is 37.2 Å². The van der Waals surface area contributed by atoms with Gasteiger partial charge in [-0.2, -0.15) is 0 Å². The third kappa shape index (κ3) is 2.28. The van der Waals surface area contributed by atoms with Crippen molar-refractivity contribution in [2.45, 2.75) is 6.54 Å². The zero-order valence-electron chi connectivity index (χ0n) is 12.5. The minimum Gasteiger partial charge on any atom is -0.497 e. The molecule has 0 atom stereocenters. The molecule has 2 heterocycles. The summed E-state index contributed by atoms with van der Waals surface area (Å²) in [5.74, 6) is 2.52. The molecule has 0 bridgehead atoms. The molecule has 5 nitrogen and oxygen atoms in total. The van der Waals surface area contributed by atoms with E-state index in [0.29, 0.717) is 6.79 Å². The number of hydrogen-bond acceptors (Lipinski definition) is 5. The Bertz CT molecular complexity index is 685. The Kier molecular flexibility index (Phi) is 3.18. The average molecular weight is 298 g/mol. The van der Waals surface area contributed by atoms with Crippen LogP contribution in [0.1, 0.15) is 5.56 Å². The number of hydrogen-bond donors (Lipinski definition) is 1. The van der Waals surface area contributed by atoms with Crippen LogP contribution < -0.4 is 24.4 Å². The number of methoxy groups -OCH3 is 1. The van der Waals surface area contributed by atoms with E-state index >= 15 is 0 Å². The van der Waals surface area contributed by atoms with Gasteiger partial charge in [-0.1, -0.05) is 12.1 Å². The lowest BCUT2D eigenvalue weighted by Gasteiger charge is -2.32. The fraction of sp³-hybridized carbons (Fsp3) is 0.294. The largest absolute Gasteiger partial charge is 0.497 e. The quantitative estimate of drug-likeness (QED) is 0.944. The summed E-state index contributed by atoms with van der Waals surface area (Å²) in [6, 6.07) is 12.3. The van der Waals surface area contributed by atoms with Crippen molar-refractivity contribution in [1.82, 2.24) is 0 Å². The highest BCUT2D eigenvalue weighted by atomic mass is 16.7. The molecule has 22 heavy (non-hydrogen) atoms. The molecule has 5 heteroatoms. The highest BCUT2D eigenvalue weighted by Crippen LogP contribution is 2.42. The van der Waals surface area contributed by atoms with Crippen LogP contribution in [-0.2, 0) is 6.54 Å². The van der Waals surface area contributed by atoms with Gasteiger partial charge in [-0.05, 0) is 17.7 Å². The zero-order valence-corrected chi connectivity index (χ0v) is 12.5. The maximum atomic E-state index is 5.50. The van der Waals surface area contributed by atoms with Gasteiger partial charge in [0.25, 0.3) is 0 Å². The molecule has 4 rings (SSSR count). The van der Waals surface area contributed by atoms with E-state index in [-0.39, 0.29) is 0 Å². The lowest BCUT2D eigenvalue weighted by molar-refractivity contribution is 0.174. The van der Waals surface area contributed by atoms with Gasteiger partial charge in [-0.15, -0.1) is 0 Å². The van der Waals surface area contributed by atoms with Gasteiger partial charge in [0.05, 0.1) is 18.5 Å². The fourth-order valence-electron chi connectivity index (χ4n) is 2.90. The summed E-state index contributed by atoms with van der Waals surface area (Å²) in [7, 11) is 1.68. The van der Waals surface area contributed by atoms with E-state index in [0.717, 1.165) is 48.3 Å². The summed E-state index contributed by atoms with van der Waals surface area (Å²) < 4.78 is 16.2. The van der Waals surface area contributed by atoms with Crippen LogP contribution in [0.3, 0.4) is 0 Å². The van der Waals surface area contributed by atoms with E-state index in [2.05, 4.69) is 28.4 Å². The lowest BCUT2D eigenvalue weighted by Crippen LogP contribution is -2.33. The fourth-order valence-corrected chi connectivity index (χ4v) is 2.90. The molecule has 0 aromatic heterocycles. The Labute approximate surface area is 129 Å². The van der Waals surface area contributed by atoms with E-state index in [9.17, 15) is 0 Å². The van der Waals surface area contributed by atoms with Crippen molar-refractivity contribution in [2.24, 2.45) is 0 Å². The van der Waals surface area contributed by atoms with Crippen molar-refractivity contribution in [3.05, 3.63) is 42.0 Å². The van der Waals surface area contributed by atoms with Crippen LogP contribution in [0.15, 0.2) is 36.4 Å². The number of anilines is 2. The van der Waals surface area contributed by atoms with Crippen molar-refractivity contribution in [3.63, 3.8) is 0 Å². The first kappa shape index (κ1) is 13.1. The van der Waals surface area contributed by atoms with Gasteiger partial charge >= 0.3 is 0 Å². The van der Waals surface area contributed by atoms with E-state index in [1.807, 2.05) is 18.2 Å². The summed E-state index contributed by atoms with van der Waals surface area (Å²) in [5, 5.41) is 3.43. The Morgan fingerprint density at radius 1 is 1.14 bits per heavy atom. The zero-order chi connectivity index (χ0) is 14.9. The molecule has 0 unspecified atom stereocenters. The Morgan fingerprint density at radius 3 is 2.68 bits per heavy atom. The van der Waals surface area contributed by atoms with Crippen molar-refractivity contribution in [1.29, 1.82) is 0 Å². The maximum absolute atomic E-state index is 5.50. The molecule has 2 aromatic rings. The van der Waals surface area contributed by atoms with Crippen LogP contribution in [0.2, 0.25) is 0 Å². The molecule has 114 valence electrons. The molecule has 0 amide bonds. The third-order valence-corrected chi connectivity index (χ3v) is 4.06. The molecular weight excluding hydrogens is 280 g/mol. The van der Waals surface area contributed by atoms with Crippen LogP contribution >= 0.6 is 0 Å². The van der Waals surface area contributed by atoms with Gasteiger partial charge in [0, 0.05) is 31.8 Å². The molecule has 0 saturated carbocycles. The van der Waals surface area contributed by atoms with Crippen molar-refractivity contribution >= 4 is 11.4 Å². The maximum Gasteiger partial charge on any atom is 0.231 e. The van der Waals surface area contributed by atoms with Crippen molar-refractivity contribution in [3.8, 4) is 17.2 Å². The molecule has 0 fully saturated rings.